The first-order chi connectivity index (χ1) is 15.4. The van der Waals surface area contributed by atoms with Gasteiger partial charge < -0.3 is 9.72 Å². The summed E-state index contributed by atoms with van der Waals surface area (Å²) in [5.74, 6) is -0.0193. The van der Waals surface area contributed by atoms with Crippen molar-refractivity contribution >= 4 is 32.5 Å². The van der Waals surface area contributed by atoms with Gasteiger partial charge in [-0.25, -0.2) is 0 Å². The van der Waals surface area contributed by atoms with Gasteiger partial charge in [-0.1, -0.05) is 34.1 Å². The van der Waals surface area contributed by atoms with Crippen LogP contribution >= 0.6 is 15.9 Å². The van der Waals surface area contributed by atoms with Crippen molar-refractivity contribution in [1.82, 2.24) is 4.98 Å². The third-order valence-corrected chi connectivity index (χ3v) is 5.71. The summed E-state index contributed by atoms with van der Waals surface area (Å²) in [6.07, 6.45) is 1.81. The van der Waals surface area contributed by atoms with Crippen LogP contribution in [0.3, 0.4) is 0 Å². The van der Waals surface area contributed by atoms with Crippen molar-refractivity contribution in [3.05, 3.63) is 114 Å². The number of nitrogens with one attached hydrogen (secondary N) is 1. The van der Waals surface area contributed by atoms with E-state index >= 15 is 0 Å². The summed E-state index contributed by atoms with van der Waals surface area (Å²) in [7, 11) is 0. The fraction of sp³-hybridized carbons (Fsp3) is 0.130. The summed E-state index contributed by atoms with van der Waals surface area (Å²) in [5.41, 5.74) is 3.16. The minimum absolute atomic E-state index is 0.00321. The standard InChI is InChI=1S/C23H18BrN3O5/c24-16-7-10-23(32-14-15-5-8-17(9-6-15)27(30)31)19(11-16)21(13-26(28)29)20-12-25-22-4-2-1-3-18(20)22/h1-12,21,25H,13-14H2/t21-/m0/s1. The molecule has 0 aliphatic heterocycles. The fourth-order valence-corrected chi connectivity index (χ4v) is 4.07. The molecule has 0 aliphatic carbocycles. The molecule has 4 rings (SSSR count). The monoisotopic (exact) mass is 495 g/mol. The Morgan fingerprint density at radius 3 is 2.44 bits per heavy atom. The van der Waals surface area contributed by atoms with Gasteiger partial charge in [0.25, 0.3) is 5.69 Å². The summed E-state index contributed by atoms with van der Waals surface area (Å²) in [6, 6.07) is 19.2. The normalized spacial score (nSPS) is 11.9. The minimum atomic E-state index is -0.537. The maximum absolute atomic E-state index is 11.6. The number of nitrogens with zero attached hydrogens (tertiary/aromatic N) is 2. The van der Waals surface area contributed by atoms with Crippen molar-refractivity contribution in [3.63, 3.8) is 0 Å². The van der Waals surface area contributed by atoms with Crippen LogP contribution in [0.25, 0.3) is 10.9 Å². The van der Waals surface area contributed by atoms with Crippen molar-refractivity contribution in [1.29, 1.82) is 0 Å². The lowest BCUT2D eigenvalue weighted by Gasteiger charge is -2.18. The van der Waals surface area contributed by atoms with Gasteiger partial charge in [0.2, 0.25) is 6.54 Å². The van der Waals surface area contributed by atoms with Crippen molar-refractivity contribution in [2.45, 2.75) is 12.5 Å². The molecule has 0 saturated carbocycles. The second-order valence-electron chi connectivity index (χ2n) is 7.25. The van der Waals surface area contributed by atoms with Gasteiger partial charge in [0.05, 0.1) is 10.8 Å². The van der Waals surface area contributed by atoms with E-state index in [-0.39, 0.29) is 23.8 Å². The van der Waals surface area contributed by atoms with Crippen LogP contribution in [0.15, 0.2) is 77.4 Å². The van der Waals surface area contributed by atoms with E-state index in [0.29, 0.717) is 11.3 Å². The van der Waals surface area contributed by atoms with Gasteiger partial charge in [-0.15, -0.1) is 0 Å². The minimum Gasteiger partial charge on any atom is -0.489 e. The van der Waals surface area contributed by atoms with Crippen LogP contribution in [-0.4, -0.2) is 21.4 Å². The molecule has 8 nitrogen and oxygen atoms in total. The Balaban J connectivity index is 1.69. The molecule has 0 radical (unpaired) electrons. The summed E-state index contributed by atoms with van der Waals surface area (Å²) in [4.78, 5) is 24.8. The Morgan fingerprint density at radius 1 is 0.969 bits per heavy atom. The molecular weight excluding hydrogens is 478 g/mol. The molecule has 0 amide bonds. The molecule has 9 heteroatoms. The number of nitro benzene ring substituents is 1. The summed E-state index contributed by atoms with van der Waals surface area (Å²) < 4.78 is 6.81. The van der Waals surface area contributed by atoms with Crippen LogP contribution in [0, 0.1) is 20.2 Å². The van der Waals surface area contributed by atoms with Gasteiger partial charge in [0.15, 0.2) is 0 Å². The number of aromatic nitrogens is 1. The lowest BCUT2D eigenvalue weighted by molar-refractivity contribution is -0.481. The van der Waals surface area contributed by atoms with Crippen molar-refractivity contribution in [2.75, 3.05) is 6.54 Å². The third-order valence-electron chi connectivity index (χ3n) is 5.22. The number of benzene rings is 3. The molecule has 0 fully saturated rings. The Bertz CT molecular complexity index is 1290. The molecule has 1 atom stereocenters. The number of nitro groups is 2. The number of rotatable bonds is 8. The van der Waals surface area contributed by atoms with Gasteiger partial charge >= 0.3 is 0 Å². The molecule has 0 saturated heterocycles. The number of H-pyrrole nitrogens is 1. The van der Waals surface area contributed by atoms with E-state index in [1.165, 1.54) is 12.1 Å². The molecule has 0 bridgehead atoms. The van der Waals surface area contributed by atoms with E-state index < -0.39 is 10.8 Å². The smallest absolute Gasteiger partial charge is 0.269 e. The molecule has 0 spiro atoms. The first-order valence-corrected chi connectivity index (χ1v) is 10.5. The second-order valence-corrected chi connectivity index (χ2v) is 8.17. The van der Waals surface area contributed by atoms with Crippen LogP contribution in [0.5, 0.6) is 5.75 Å². The zero-order chi connectivity index (χ0) is 22.7. The lowest BCUT2D eigenvalue weighted by Crippen LogP contribution is -2.15. The van der Waals surface area contributed by atoms with Crippen LogP contribution < -0.4 is 4.74 Å². The molecule has 0 unspecified atom stereocenters. The number of para-hydroxylation sites is 1. The average molecular weight is 496 g/mol. The maximum Gasteiger partial charge on any atom is 0.269 e. The maximum atomic E-state index is 11.6. The molecular formula is C23H18BrN3O5. The Kier molecular flexibility index (Phi) is 6.18. The van der Waals surface area contributed by atoms with Gasteiger partial charge in [-0.05, 0) is 47.5 Å². The Labute approximate surface area is 191 Å². The third kappa shape index (κ3) is 4.62. The van der Waals surface area contributed by atoms with E-state index in [4.69, 9.17) is 4.74 Å². The van der Waals surface area contributed by atoms with Crippen LogP contribution in [0.1, 0.15) is 22.6 Å². The van der Waals surface area contributed by atoms with Gasteiger partial charge in [0.1, 0.15) is 12.4 Å². The van der Waals surface area contributed by atoms with E-state index in [9.17, 15) is 20.2 Å². The average Bonchev–Trinajstić information content (AvgIpc) is 3.21. The van der Waals surface area contributed by atoms with Crippen molar-refractivity contribution < 1.29 is 14.6 Å². The summed E-state index contributed by atoms with van der Waals surface area (Å²) in [6.45, 7) is -0.127. The number of hydrogen-bond donors (Lipinski definition) is 1. The molecule has 32 heavy (non-hydrogen) atoms. The van der Waals surface area contributed by atoms with Gasteiger partial charge in [-0.3, -0.25) is 20.2 Å². The zero-order valence-corrected chi connectivity index (χ0v) is 18.3. The largest absolute Gasteiger partial charge is 0.489 e. The number of halogens is 1. The number of fused-ring (bicyclic) bond motifs is 1. The summed E-state index contributed by atoms with van der Waals surface area (Å²) in [5, 5.41) is 23.3. The molecule has 1 heterocycles. The van der Waals surface area contributed by atoms with Crippen LogP contribution in [0.2, 0.25) is 0 Å². The van der Waals surface area contributed by atoms with E-state index in [1.54, 1.807) is 24.4 Å². The van der Waals surface area contributed by atoms with Crippen LogP contribution in [-0.2, 0) is 6.61 Å². The SMILES string of the molecule is O=[N+]([O-])C[C@@H](c1cc(Br)ccc1OCc1ccc([N+](=O)[O-])cc1)c1c[nH]c2ccccc12. The molecule has 1 N–H and O–H groups in total. The first-order valence-electron chi connectivity index (χ1n) is 9.76. The van der Waals surface area contributed by atoms with Crippen molar-refractivity contribution in [3.8, 4) is 5.75 Å². The first kappa shape index (κ1) is 21.5. The van der Waals surface area contributed by atoms with E-state index in [2.05, 4.69) is 20.9 Å². The molecule has 162 valence electrons. The number of ether oxygens (including phenoxy) is 1. The predicted octanol–water partition coefficient (Wildman–Crippen LogP) is 5.83. The van der Waals surface area contributed by atoms with Crippen molar-refractivity contribution in [2.24, 2.45) is 0 Å². The summed E-state index contributed by atoms with van der Waals surface area (Å²) >= 11 is 3.46. The molecule has 3 aromatic carbocycles. The molecule has 4 aromatic rings. The molecule has 0 aliphatic rings. The van der Waals surface area contributed by atoms with Gasteiger partial charge in [-0.2, -0.15) is 0 Å². The topological polar surface area (TPSA) is 111 Å². The fourth-order valence-electron chi connectivity index (χ4n) is 3.69. The highest BCUT2D eigenvalue weighted by molar-refractivity contribution is 9.10. The highest BCUT2D eigenvalue weighted by Gasteiger charge is 2.26. The zero-order valence-electron chi connectivity index (χ0n) is 16.7. The second kappa shape index (κ2) is 9.19. The quantitative estimate of drug-likeness (QED) is 0.244. The Morgan fingerprint density at radius 2 is 1.72 bits per heavy atom. The molecule has 1 aromatic heterocycles. The van der Waals surface area contributed by atoms with Crippen LogP contribution in [0.4, 0.5) is 5.69 Å². The number of hydrogen-bond acceptors (Lipinski definition) is 5. The van der Waals surface area contributed by atoms with E-state index in [1.807, 2.05) is 36.4 Å². The highest BCUT2D eigenvalue weighted by Crippen LogP contribution is 2.37. The van der Waals surface area contributed by atoms with E-state index in [0.717, 1.165) is 26.5 Å². The number of aromatic amines is 1. The highest BCUT2D eigenvalue weighted by atomic mass is 79.9. The Hall–Kier alpha value is -3.72. The number of non-ortho nitro benzene ring substituents is 1. The van der Waals surface area contributed by atoms with Gasteiger partial charge in [0, 0.05) is 44.2 Å². The lowest BCUT2D eigenvalue weighted by atomic mass is 9.90. The predicted molar refractivity (Wildman–Crippen MR) is 124 cm³/mol.